The monoisotopic (exact) mass is 372 g/mol. The fraction of sp³-hybridized carbons (Fsp3) is 0.857. The molecule has 0 aromatic carbocycles. The molecule has 0 saturated heterocycles. The largest absolute Gasteiger partial charge is 0.481 e. The Balaban J connectivity index is 3.94. The minimum atomic E-state index is -0.979. The molecule has 0 amide bonds. The van der Waals surface area contributed by atoms with Crippen LogP contribution in [0.3, 0.4) is 0 Å². The average Bonchev–Trinajstić information content (AvgIpc) is 2.51. The molecule has 0 aliphatic carbocycles. The SMILES string of the molecule is CCCC/C=C\CCCCCC(O)CCC(C(=O)O)C(O)C[N+](C)(C)C. The molecule has 0 fully saturated rings. The maximum absolute atomic E-state index is 11.4. The number of unbranched alkanes of at least 4 members (excludes halogenated alkanes) is 5. The molecule has 0 saturated carbocycles. The molecule has 3 atom stereocenters. The second kappa shape index (κ2) is 14.2. The van der Waals surface area contributed by atoms with Crippen molar-refractivity contribution in [1.82, 2.24) is 0 Å². The highest BCUT2D eigenvalue weighted by Gasteiger charge is 2.30. The number of hydrogen-bond acceptors (Lipinski definition) is 3. The summed E-state index contributed by atoms with van der Waals surface area (Å²) in [7, 11) is 5.78. The van der Waals surface area contributed by atoms with E-state index in [4.69, 9.17) is 0 Å². The molecule has 5 heteroatoms. The van der Waals surface area contributed by atoms with Gasteiger partial charge in [0, 0.05) is 0 Å². The highest BCUT2D eigenvalue weighted by atomic mass is 16.4. The molecule has 0 aromatic rings. The van der Waals surface area contributed by atoms with Gasteiger partial charge in [-0.2, -0.15) is 0 Å². The minimum absolute atomic E-state index is 0.317. The van der Waals surface area contributed by atoms with Gasteiger partial charge in [-0.05, 0) is 38.5 Å². The molecule has 0 aliphatic rings. The van der Waals surface area contributed by atoms with Gasteiger partial charge in [-0.25, -0.2) is 0 Å². The Hall–Kier alpha value is -0.910. The Morgan fingerprint density at radius 2 is 1.54 bits per heavy atom. The smallest absolute Gasteiger partial charge is 0.309 e. The number of aliphatic hydroxyl groups excluding tert-OH is 2. The van der Waals surface area contributed by atoms with Crippen molar-refractivity contribution < 1.29 is 24.6 Å². The van der Waals surface area contributed by atoms with E-state index in [9.17, 15) is 20.1 Å². The van der Waals surface area contributed by atoms with Crippen LogP contribution in [-0.4, -0.2) is 65.7 Å². The highest BCUT2D eigenvalue weighted by Crippen LogP contribution is 2.18. The molecule has 0 spiro atoms. The van der Waals surface area contributed by atoms with E-state index in [1.807, 2.05) is 21.1 Å². The third-order valence-corrected chi connectivity index (χ3v) is 4.63. The lowest BCUT2D eigenvalue weighted by Crippen LogP contribution is -2.45. The maximum Gasteiger partial charge on any atom is 0.309 e. The van der Waals surface area contributed by atoms with E-state index in [0.29, 0.717) is 30.3 Å². The van der Waals surface area contributed by atoms with Crippen LogP contribution in [0, 0.1) is 5.92 Å². The van der Waals surface area contributed by atoms with Crippen LogP contribution in [0.2, 0.25) is 0 Å². The third-order valence-electron chi connectivity index (χ3n) is 4.63. The van der Waals surface area contributed by atoms with E-state index >= 15 is 0 Å². The molecule has 26 heavy (non-hydrogen) atoms. The van der Waals surface area contributed by atoms with E-state index in [2.05, 4.69) is 19.1 Å². The number of carbonyl (C=O) groups is 1. The Morgan fingerprint density at radius 1 is 0.923 bits per heavy atom. The van der Waals surface area contributed by atoms with Crippen LogP contribution < -0.4 is 0 Å². The third kappa shape index (κ3) is 14.3. The summed E-state index contributed by atoms with van der Waals surface area (Å²) in [6.07, 6.45) is 12.5. The molecule has 5 nitrogen and oxygen atoms in total. The van der Waals surface area contributed by atoms with Crippen molar-refractivity contribution in [1.29, 1.82) is 0 Å². The molecule has 0 rings (SSSR count). The Kier molecular flexibility index (Phi) is 13.7. The summed E-state index contributed by atoms with van der Waals surface area (Å²) in [5.74, 6) is -1.79. The molecule has 0 radical (unpaired) electrons. The fourth-order valence-electron chi connectivity index (χ4n) is 3.06. The summed E-state index contributed by atoms with van der Waals surface area (Å²) in [5, 5.41) is 29.6. The van der Waals surface area contributed by atoms with Gasteiger partial charge in [0.05, 0.1) is 33.2 Å². The van der Waals surface area contributed by atoms with Crippen molar-refractivity contribution in [2.24, 2.45) is 5.92 Å². The van der Waals surface area contributed by atoms with Crippen LogP contribution in [0.15, 0.2) is 12.2 Å². The molecule has 0 bridgehead atoms. The first-order valence-corrected chi connectivity index (χ1v) is 10.2. The van der Waals surface area contributed by atoms with Crippen LogP contribution in [0.25, 0.3) is 0 Å². The lowest BCUT2D eigenvalue weighted by Gasteiger charge is -2.29. The number of likely N-dealkylation sites (N-methyl/N-ethyl adjacent to an activating group) is 1. The normalized spacial score (nSPS) is 15.9. The van der Waals surface area contributed by atoms with Crippen LogP contribution in [0.1, 0.15) is 71.1 Å². The average molecular weight is 373 g/mol. The lowest BCUT2D eigenvalue weighted by atomic mass is 9.93. The van der Waals surface area contributed by atoms with Crippen LogP contribution in [-0.2, 0) is 4.79 Å². The zero-order valence-corrected chi connectivity index (χ0v) is 17.4. The van der Waals surface area contributed by atoms with Crippen LogP contribution >= 0.6 is 0 Å². The number of aliphatic hydroxyl groups is 2. The van der Waals surface area contributed by atoms with Gasteiger partial charge in [-0.15, -0.1) is 0 Å². The maximum atomic E-state index is 11.4. The topological polar surface area (TPSA) is 77.8 Å². The zero-order chi connectivity index (χ0) is 20.0. The van der Waals surface area contributed by atoms with Crippen LogP contribution in [0.5, 0.6) is 0 Å². The van der Waals surface area contributed by atoms with Crippen molar-refractivity contribution in [2.45, 2.75) is 83.3 Å². The summed E-state index contributed by atoms with van der Waals surface area (Å²) in [4.78, 5) is 11.4. The van der Waals surface area contributed by atoms with E-state index in [-0.39, 0.29) is 0 Å². The van der Waals surface area contributed by atoms with E-state index in [0.717, 1.165) is 25.7 Å². The van der Waals surface area contributed by atoms with Gasteiger partial charge in [0.25, 0.3) is 0 Å². The zero-order valence-electron chi connectivity index (χ0n) is 17.4. The van der Waals surface area contributed by atoms with E-state index in [1.54, 1.807) is 0 Å². The first kappa shape index (κ1) is 25.1. The second-order valence-corrected chi connectivity index (χ2v) is 8.47. The number of nitrogens with zero attached hydrogens (tertiary/aromatic N) is 1. The number of rotatable bonds is 16. The number of hydrogen-bond donors (Lipinski definition) is 3. The quantitative estimate of drug-likeness (QED) is 0.220. The van der Waals surface area contributed by atoms with Gasteiger partial charge >= 0.3 is 5.97 Å². The lowest BCUT2D eigenvalue weighted by molar-refractivity contribution is -0.874. The molecule has 0 aliphatic heterocycles. The Labute approximate surface area is 160 Å². The van der Waals surface area contributed by atoms with Crippen LogP contribution in [0.4, 0.5) is 0 Å². The van der Waals surface area contributed by atoms with Gasteiger partial charge in [0.15, 0.2) is 0 Å². The highest BCUT2D eigenvalue weighted by molar-refractivity contribution is 5.70. The van der Waals surface area contributed by atoms with Gasteiger partial charge in [0.2, 0.25) is 0 Å². The van der Waals surface area contributed by atoms with E-state index < -0.39 is 24.1 Å². The van der Waals surface area contributed by atoms with Gasteiger partial charge in [-0.1, -0.05) is 44.8 Å². The van der Waals surface area contributed by atoms with Crippen molar-refractivity contribution in [3.8, 4) is 0 Å². The Bertz CT molecular complexity index is 390. The number of carboxylic acid groups (broad SMARTS) is 1. The predicted octanol–water partition coefficient (Wildman–Crippen LogP) is 3.59. The second-order valence-electron chi connectivity index (χ2n) is 8.47. The van der Waals surface area contributed by atoms with Gasteiger partial charge < -0.3 is 19.8 Å². The summed E-state index contributed by atoms with van der Waals surface area (Å²) in [6.45, 7) is 2.58. The molecule has 0 heterocycles. The number of carboxylic acids is 1. The van der Waals surface area contributed by atoms with Gasteiger partial charge in [-0.3, -0.25) is 4.79 Å². The van der Waals surface area contributed by atoms with Crippen molar-refractivity contribution in [2.75, 3.05) is 27.7 Å². The molecule has 0 aromatic heterocycles. The summed E-state index contributed by atoms with van der Waals surface area (Å²) >= 11 is 0. The predicted molar refractivity (Wildman–Crippen MR) is 107 cm³/mol. The summed E-state index contributed by atoms with van der Waals surface area (Å²) in [6, 6.07) is 0. The first-order chi connectivity index (χ1) is 12.2. The molecule has 3 N–H and O–H groups in total. The molecular formula is C21H42NO4+. The fourth-order valence-corrected chi connectivity index (χ4v) is 3.06. The first-order valence-electron chi connectivity index (χ1n) is 10.2. The Morgan fingerprint density at radius 3 is 2.08 bits per heavy atom. The number of allylic oxidation sites excluding steroid dienone is 2. The number of quaternary nitrogens is 1. The minimum Gasteiger partial charge on any atom is -0.481 e. The molecule has 3 unspecified atom stereocenters. The number of aliphatic carboxylic acids is 1. The van der Waals surface area contributed by atoms with Crippen molar-refractivity contribution in [3.63, 3.8) is 0 Å². The molecule has 154 valence electrons. The summed E-state index contributed by atoms with van der Waals surface area (Å²) < 4.78 is 0.514. The van der Waals surface area contributed by atoms with Crippen molar-refractivity contribution >= 4 is 5.97 Å². The summed E-state index contributed by atoms with van der Waals surface area (Å²) in [5.41, 5.74) is 0. The van der Waals surface area contributed by atoms with Gasteiger partial charge in [0.1, 0.15) is 12.6 Å². The standard InChI is InChI=1S/C21H41NO4/c1-5-6-7-8-9-10-11-12-13-14-18(23)15-16-19(21(25)26)20(24)17-22(2,3)4/h8-9,18-20,23-24H,5-7,10-17H2,1-4H3/p+1/b9-8-. The van der Waals surface area contributed by atoms with Crippen molar-refractivity contribution in [3.05, 3.63) is 12.2 Å². The van der Waals surface area contributed by atoms with E-state index in [1.165, 1.54) is 19.3 Å². The molecular weight excluding hydrogens is 330 g/mol.